The van der Waals surface area contributed by atoms with Gasteiger partial charge in [0.1, 0.15) is 10.8 Å². The Morgan fingerprint density at radius 3 is 2.48 bits per heavy atom. The van der Waals surface area contributed by atoms with E-state index in [0.717, 1.165) is 28.5 Å². The lowest BCUT2D eigenvalue weighted by Gasteiger charge is -2.15. The first-order valence-electron chi connectivity index (χ1n) is 9.15. The van der Waals surface area contributed by atoms with Crippen molar-refractivity contribution in [2.45, 2.75) is 49.9 Å². The predicted octanol–water partition coefficient (Wildman–Crippen LogP) is 6.15. The molecule has 3 aromatic rings. The van der Waals surface area contributed by atoms with E-state index in [9.17, 15) is 0 Å². The molecule has 7 heteroatoms. The summed E-state index contributed by atoms with van der Waals surface area (Å²) in [6.45, 7) is 4.37. The second kappa shape index (κ2) is 7.97. The highest BCUT2D eigenvalue weighted by atomic mass is 79.9. The first-order valence-corrected chi connectivity index (χ1v) is 11.6. The highest BCUT2D eigenvalue weighted by Gasteiger charge is 2.26. The maximum absolute atomic E-state index is 5.32. The van der Waals surface area contributed by atoms with E-state index in [1.165, 1.54) is 39.4 Å². The molecule has 0 unspecified atom stereocenters. The molecule has 2 aromatic heterocycles. The minimum atomic E-state index is 0.455. The molecule has 0 saturated heterocycles. The molecule has 4 nitrogen and oxygen atoms in total. The van der Waals surface area contributed by atoms with Gasteiger partial charge in [-0.25, -0.2) is 0 Å². The van der Waals surface area contributed by atoms with Crippen molar-refractivity contribution in [3.8, 4) is 21.2 Å². The van der Waals surface area contributed by atoms with Crippen LogP contribution in [-0.2, 0) is 12.8 Å². The standard InChI is InChI=1S/C20H22BrN3OS2/c1-12(2)26-20-23-22-19(21)24(20)18-16-7-5-4-6-15(16)17(27-18)13-8-10-14(25-3)11-9-13/h8-12H,4-7H2,1-3H3. The summed E-state index contributed by atoms with van der Waals surface area (Å²) in [5.74, 6) is 0.890. The lowest BCUT2D eigenvalue weighted by Crippen LogP contribution is -2.05. The molecule has 0 atom stereocenters. The Morgan fingerprint density at radius 2 is 1.81 bits per heavy atom. The number of thiophene rings is 1. The summed E-state index contributed by atoms with van der Waals surface area (Å²) in [5.41, 5.74) is 4.21. The van der Waals surface area contributed by atoms with Crippen LogP contribution >= 0.6 is 39.0 Å². The number of rotatable bonds is 5. The van der Waals surface area contributed by atoms with Gasteiger partial charge in [0.15, 0.2) is 5.16 Å². The SMILES string of the molecule is COc1ccc(-c2sc(-n3c(Br)nnc3SC(C)C)c3c2CCCC3)cc1. The molecule has 0 bridgehead atoms. The molecule has 1 aliphatic carbocycles. The van der Waals surface area contributed by atoms with Gasteiger partial charge < -0.3 is 4.74 Å². The van der Waals surface area contributed by atoms with Crippen LogP contribution in [0.1, 0.15) is 37.8 Å². The lowest BCUT2D eigenvalue weighted by atomic mass is 9.91. The molecule has 4 rings (SSSR count). The molecule has 27 heavy (non-hydrogen) atoms. The molecule has 0 amide bonds. The number of fused-ring (bicyclic) bond motifs is 1. The first kappa shape index (κ1) is 19.0. The molecule has 0 saturated carbocycles. The molecule has 1 aromatic carbocycles. The molecular formula is C20H22BrN3OS2. The number of hydrogen-bond donors (Lipinski definition) is 0. The fraction of sp³-hybridized carbons (Fsp3) is 0.400. The molecule has 0 radical (unpaired) electrons. The summed E-state index contributed by atoms with van der Waals surface area (Å²) >= 11 is 7.23. The third-order valence-electron chi connectivity index (χ3n) is 4.69. The molecule has 0 fully saturated rings. The molecule has 1 aliphatic rings. The Bertz CT molecular complexity index is 947. The zero-order valence-corrected chi connectivity index (χ0v) is 18.9. The molecule has 142 valence electrons. The summed E-state index contributed by atoms with van der Waals surface area (Å²) in [7, 11) is 1.71. The van der Waals surface area contributed by atoms with Gasteiger partial charge in [-0.15, -0.1) is 21.5 Å². The van der Waals surface area contributed by atoms with Gasteiger partial charge in [0.05, 0.1) is 7.11 Å². The number of halogens is 1. The van der Waals surface area contributed by atoms with E-state index in [4.69, 9.17) is 4.74 Å². The zero-order valence-electron chi connectivity index (χ0n) is 15.7. The van der Waals surface area contributed by atoms with Crippen LogP contribution in [0.25, 0.3) is 15.4 Å². The fourth-order valence-corrected chi connectivity index (χ4v) is 6.40. The quantitative estimate of drug-likeness (QED) is 0.425. The van der Waals surface area contributed by atoms with Gasteiger partial charge in [0.25, 0.3) is 0 Å². The van der Waals surface area contributed by atoms with E-state index in [2.05, 4.69) is 56.7 Å². The largest absolute Gasteiger partial charge is 0.497 e. The molecule has 0 spiro atoms. The van der Waals surface area contributed by atoms with Crippen molar-refractivity contribution in [3.63, 3.8) is 0 Å². The molecule has 0 aliphatic heterocycles. The first-order chi connectivity index (χ1) is 13.1. The maximum Gasteiger partial charge on any atom is 0.206 e. The smallest absolute Gasteiger partial charge is 0.206 e. The highest BCUT2D eigenvalue weighted by Crippen LogP contribution is 2.44. The fourth-order valence-electron chi connectivity index (χ4n) is 3.48. The lowest BCUT2D eigenvalue weighted by molar-refractivity contribution is 0.415. The van der Waals surface area contributed by atoms with Crippen molar-refractivity contribution in [2.75, 3.05) is 7.11 Å². The Kier molecular flexibility index (Phi) is 5.62. The Hall–Kier alpha value is -1.31. The van der Waals surface area contributed by atoms with E-state index in [1.807, 2.05) is 23.5 Å². The van der Waals surface area contributed by atoms with Crippen LogP contribution in [0.15, 0.2) is 34.2 Å². The van der Waals surface area contributed by atoms with Gasteiger partial charge in [0, 0.05) is 10.1 Å². The van der Waals surface area contributed by atoms with E-state index < -0.39 is 0 Å². The van der Waals surface area contributed by atoms with Gasteiger partial charge in [0.2, 0.25) is 4.73 Å². The summed E-state index contributed by atoms with van der Waals surface area (Å²) in [4.78, 5) is 1.36. The van der Waals surface area contributed by atoms with Crippen molar-refractivity contribution in [3.05, 3.63) is 40.1 Å². The summed E-state index contributed by atoms with van der Waals surface area (Å²) in [6, 6.07) is 8.40. The second-order valence-corrected chi connectivity index (χ2v) is 10.1. The Morgan fingerprint density at radius 1 is 1.11 bits per heavy atom. The summed E-state index contributed by atoms with van der Waals surface area (Å²) < 4.78 is 8.29. The molecular weight excluding hydrogens is 442 g/mol. The highest BCUT2D eigenvalue weighted by molar-refractivity contribution is 9.10. The zero-order chi connectivity index (χ0) is 19.0. The Balaban J connectivity index is 1.85. The minimum Gasteiger partial charge on any atom is -0.497 e. The number of methoxy groups -OCH3 is 1. The van der Waals surface area contributed by atoms with Crippen LogP contribution < -0.4 is 4.74 Å². The van der Waals surface area contributed by atoms with Crippen LogP contribution in [0.2, 0.25) is 0 Å². The number of hydrogen-bond acceptors (Lipinski definition) is 5. The van der Waals surface area contributed by atoms with Crippen molar-refractivity contribution >= 4 is 39.0 Å². The number of thioether (sulfide) groups is 1. The number of ether oxygens (including phenoxy) is 1. The normalized spacial score (nSPS) is 13.8. The summed E-state index contributed by atoms with van der Waals surface area (Å²) in [6.07, 6.45) is 4.75. The Labute approximate surface area is 176 Å². The van der Waals surface area contributed by atoms with Crippen LogP contribution in [0.5, 0.6) is 5.75 Å². The monoisotopic (exact) mass is 463 g/mol. The van der Waals surface area contributed by atoms with Crippen LogP contribution in [0, 0.1) is 0 Å². The van der Waals surface area contributed by atoms with Gasteiger partial charge in [-0.1, -0.05) is 25.6 Å². The van der Waals surface area contributed by atoms with Gasteiger partial charge >= 0.3 is 0 Å². The van der Waals surface area contributed by atoms with E-state index in [-0.39, 0.29) is 0 Å². The third-order valence-corrected chi connectivity index (χ3v) is 7.46. The van der Waals surface area contributed by atoms with Gasteiger partial charge in [-0.3, -0.25) is 4.57 Å². The van der Waals surface area contributed by atoms with E-state index in [0.29, 0.717) is 5.25 Å². The second-order valence-electron chi connectivity index (χ2n) is 6.88. The van der Waals surface area contributed by atoms with E-state index >= 15 is 0 Å². The van der Waals surface area contributed by atoms with Gasteiger partial charge in [-0.05, 0) is 82.6 Å². The summed E-state index contributed by atoms with van der Waals surface area (Å²) in [5, 5.41) is 11.4. The van der Waals surface area contributed by atoms with Crippen molar-refractivity contribution < 1.29 is 4.74 Å². The number of benzene rings is 1. The predicted molar refractivity (Wildman–Crippen MR) is 117 cm³/mol. The van der Waals surface area contributed by atoms with Crippen molar-refractivity contribution in [2.24, 2.45) is 0 Å². The maximum atomic E-state index is 5.32. The van der Waals surface area contributed by atoms with E-state index in [1.54, 1.807) is 18.9 Å². The third kappa shape index (κ3) is 3.69. The average molecular weight is 464 g/mol. The number of aromatic nitrogens is 3. The van der Waals surface area contributed by atoms with Crippen molar-refractivity contribution in [1.29, 1.82) is 0 Å². The van der Waals surface area contributed by atoms with Gasteiger partial charge in [-0.2, -0.15) is 0 Å². The molecule has 0 N–H and O–H groups in total. The van der Waals surface area contributed by atoms with Crippen LogP contribution in [0.3, 0.4) is 0 Å². The van der Waals surface area contributed by atoms with Crippen LogP contribution in [-0.4, -0.2) is 27.1 Å². The van der Waals surface area contributed by atoms with Crippen LogP contribution in [0.4, 0.5) is 0 Å². The topological polar surface area (TPSA) is 39.9 Å². The minimum absolute atomic E-state index is 0.455. The number of nitrogens with zero attached hydrogens (tertiary/aromatic N) is 3. The van der Waals surface area contributed by atoms with Crippen molar-refractivity contribution in [1.82, 2.24) is 14.8 Å². The molecule has 2 heterocycles. The average Bonchev–Trinajstić information content (AvgIpc) is 3.22.